The zero-order chi connectivity index (χ0) is 8.81. The van der Waals surface area contributed by atoms with Crippen LogP contribution in [0.3, 0.4) is 0 Å². The van der Waals surface area contributed by atoms with Gasteiger partial charge in [-0.1, -0.05) is 0 Å². The highest BCUT2D eigenvalue weighted by Crippen LogP contribution is 2.15. The Labute approximate surface area is 75.1 Å². The van der Waals surface area contributed by atoms with Crippen LogP contribution in [0.1, 0.15) is 0 Å². The van der Waals surface area contributed by atoms with Crippen molar-refractivity contribution in [1.29, 1.82) is 0 Å². The third kappa shape index (κ3) is 2.92. The van der Waals surface area contributed by atoms with Crippen molar-refractivity contribution in [3.8, 4) is 0 Å². The van der Waals surface area contributed by atoms with Crippen LogP contribution in [0.5, 0.6) is 0 Å². The zero-order valence-electron chi connectivity index (χ0n) is 6.69. The first-order valence-electron chi connectivity index (χ1n) is 3.42. The average Bonchev–Trinajstić information content (AvgIpc) is 2.16. The maximum absolute atomic E-state index is 10.7. The van der Waals surface area contributed by atoms with Gasteiger partial charge < -0.3 is 4.74 Å². The lowest BCUT2D eigenvalue weighted by Gasteiger charge is -1.98. The van der Waals surface area contributed by atoms with E-state index in [1.54, 1.807) is 12.4 Å². The minimum Gasteiger partial charge on any atom is -0.468 e. The van der Waals surface area contributed by atoms with Crippen LogP contribution in [0.2, 0.25) is 0 Å². The van der Waals surface area contributed by atoms with Gasteiger partial charge in [0.15, 0.2) is 0 Å². The van der Waals surface area contributed by atoms with Crippen LogP contribution >= 0.6 is 11.8 Å². The molecule has 1 heterocycles. The van der Waals surface area contributed by atoms with Crippen LogP contribution in [-0.4, -0.2) is 23.8 Å². The van der Waals surface area contributed by atoms with Crippen LogP contribution in [0.15, 0.2) is 29.4 Å². The number of hydrogen-bond acceptors (Lipinski definition) is 4. The van der Waals surface area contributed by atoms with Gasteiger partial charge in [0.05, 0.1) is 12.9 Å². The van der Waals surface area contributed by atoms with Gasteiger partial charge in [-0.2, -0.15) is 0 Å². The number of carbonyl (C=O) groups is 1. The van der Waals surface area contributed by atoms with Gasteiger partial charge in [-0.15, -0.1) is 11.8 Å². The largest absolute Gasteiger partial charge is 0.468 e. The number of thioether (sulfide) groups is 1. The summed E-state index contributed by atoms with van der Waals surface area (Å²) in [5.74, 6) is 0.117. The number of carbonyl (C=O) groups excluding carboxylic acids is 1. The van der Waals surface area contributed by atoms with Crippen LogP contribution in [0.25, 0.3) is 0 Å². The fourth-order valence-electron chi connectivity index (χ4n) is 0.634. The molecule has 0 aromatic carbocycles. The molecule has 0 spiro atoms. The number of esters is 1. The molecule has 4 heteroatoms. The minimum absolute atomic E-state index is 0.219. The van der Waals surface area contributed by atoms with E-state index in [4.69, 9.17) is 0 Å². The highest BCUT2D eigenvalue weighted by molar-refractivity contribution is 8.00. The summed E-state index contributed by atoms with van der Waals surface area (Å²) >= 11 is 1.42. The SMILES string of the molecule is COC(=O)CSc1cccnc1. The van der Waals surface area contributed by atoms with E-state index in [-0.39, 0.29) is 5.97 Å². The fraction of sp³-hybridized carbons (Fsp3) is 0.250. The van der Waals surface area contributed by atoms with Gasteiger partial charge in [-0.05, 0) is 12.1 Å². The van der Waals surface area contributed by atoms with E-state index in [1.807, 2.05) is 12.1 Å². The Morgan fingerprint density at radius 2 is 2.58 bits per heavy atom. The number of methoxy groups -OCH3 is 1. The summed E-state index contributed by atoms with van der Waals surface area (Å²) < 4.78 is 4.49. The standard InChI is InChI=1S/C8H9NO2S/c1-11-8(10)6-12-7-3-2-4-9-5-7/h2-5H,6H2,1H3. The first-order chi connectivity index (χ1) is 5.83. The van der Waals surface area contributed by atoms with E-state index in [0.29, 0.717) is 5.75 Å². The Kier molecular flexibility index (Phi) is 3.60. The third-order valence-corrected chi connectivity index (χ3v) is 2.17. The Balaban J connectivity index is 2.38. The van der Waals surface area contributed by atoms with E-state index in [2.05, 4.69) is 9.72 Å². The number of aromatic nitrogens is 1. The summed E-state index contributed by atoms with van der Waals surface area (Å²) in [7, 11) is 1.38. The second-order valence-electron chi connectivity index (χ2n) is 2.05. The molecule has 0 fully saturated rings. The predicted octanol–water partition coefficient (Wildman–Crippen LogP) is 1.35. The van der Waals surface area contributed by atoms with Crippen LogP contribution in [-0.2, 0) is 9.53 Å². The van der Waals surface area contributed by atoms with Crippen molar-refractivity contribution in [2.75, 3.05) is 12.9 Å². The van der Waals surface area contributed by atoms with E-state index in [1.165, 1.54) is 18.9 Å². The normalized spacial score (nSPS) is 9.42. The molecule has 0 saturated carbocycles. The molecule has 1 aromatic rings. The van der Waals surface area contributed by atoms with Gasteiger partial charge >= 0.3 is 5.97 Å². The second kappa shape index (κ2) is 4.77. The van der Waals surface area contributed by atoms with Crippen molar-refractivity contribution >= 4 is 17.7 Å². The molecule has 3 nitrogen and oxygen atoms in total. The topological polar surface area (TPSA) is 39.2 Å². The summed E-state index contributed by atoms with van der Waals surface area (Å²) in [4.78, 5) is 15.6. The Morgan fingerprint density at radius 3 is 3.17 bits per heavy atom. The van der Waals surface area contributed by atoms with Crippen molar-refractivity contribution in [3.05, 3.63) is 24.5 Å². The molecular formula is C8H9NO2S. The zero-order valence-corrected chi connectivity index (χ0v) is 7.50. The molecule has 0 aliphatic carbocycles. The molecule has 0 amide bonds. The van der Waals surface area contributed by atoms with Crippen LogP contribution in [0, 0.1) is 0 Å². The molecule has 1 rings (SSSR count). The quantitative estimate of drug-likeness (QED) is 0.523. The van der Waals surface area contributed by atoms with E-state index >= 15 is 0 Å². The van der Waals surface area contributed by atoms with E-state index < -0.39 is 0 Å². The predicted molar refractivity (Wildman–Crippen MR) is 47.0 cm³/mol. The maximum Gasteiger partial charge on any atom is 0.315 e. The molecule has 0 aliphatic heterocycles. The highest BCUT2D eigenvalue weighted by Gasteiger charge is 2.00. The Bertz CT molecular complexity index is 250. The molecule has 0 saturated heterocycles. The molecular weight excluding hydrogens is 174 g/mol. The van der Waals surface area contributed by atoms with Crippen molar-refractivity contribution in [2.45, 2.75) is 4.90 Å². The van der Waals surface area contributed by atoms with Crippen molar-refractivity contribution in [2.24, 2.45) is 0 Å². The van der Waals surface area contributed by atoms with E-state index in [0.717, 1.165) is 4.90 Å². The van der Waals surface area contributed by atoms with Crippen molar-refractivity contribution in [1.82, 2.24) is 4.98 Å². The summed E-state index contributed by atoms with van der Waals surface area (Å²) in [5, 5.41) is 0. The lowest BCUT2D eigenvalue weighted by atomic mass is 10.5. The third-order valence-electron chi connectivity index (χ3n) is 1.22. The van der Waals surface area contributed by atoms with Gasteiger partial charge in [0.25, 0.3) is 0 Å². The number of pyridine rings is 1. The number of hydrogen-bond donors (Lipinski definition) is 0. The summed E-state index contributed by atoms with van der Waals surface area (Å²) in [5.41, 5.74) is 0. The highest BCUT2D eigenvalue weighted by atomic mass is 32.2. The monoisotopic (exact) mass is 183 g/mol. The second-order valence-corrected chi connectivity index (χ2v) is 3.10. The van der Waals surface area contributed by atoms with Gasteiger partial charge in [0.1, 0.15) is 0 Å². The fourth-order valence-corrected chi connectivity index (χ4v) is 1.35. The lowest BCUT2D eigenvalue weighted by molar-refractivity contribution is -0.137. The number of nitrogens with zero attached hydrogens (tertiary/aromatic N) is 1. The molecule has 0 unspecified atom stereocenters. The van der Waals surface area contributed by atoms with E-state index in [9.17, 15) is 4.79 Å². The molecule has 0 radical (unpaired) electrons. The van der Waals surface area contributed by atoms with Crippen LogP contribution < -0.4 is 0 Å². The van der Waals surface area contributed by atoms with Crippen molar-refractivity contribution < 1.29 is 9.53 Å². The van der Waals surface area contributed by atoms with Gasteiger partial charge in [0.2, 0.25) is 0 Å². The number of rotatable bonds is 3. The summed E-state index contributed by atoms with van der Waals surface area (Å²) in [6.45, 7) is 0. The number of ether oxygens (including phenoxy) is 1. The summed E-state index contributed by atoms with van der Waals surface area (Å²) in [6, 6.07) is 3.74. The average molecular weight is 183 g/mol. The Hall–Kier alpha value is -1.03. The smallest absolute Gasteiger partial charge is 0.315 e. The molecule has 64 valence electrons. The Morgan fingerprint density at radius 1 is 1.75 bits per heavy atom. The maximum atomic E-state index is 10.7. The first kappa shape index (κ1) is 9.06. The van der Waals surface area contributed by atoms with Gasteiger partial charge in [0, 0.05) is 17.3 Å². The molecule has 0 atom stereocenters. The lowest BCUT2D eigenvalue weighted by Crippen LogP contribution is -2.02. The molecule has 0 aliphatic rings. The molecule has 0 bridgehead atoms. The first-order valence-corrected chi connectivity index (χ1v) is 4.41. The van der Waals surface area contributed by atoms with Crippen molar-refractivity contribution in [3.63, 3.8) is 0 Å². The molecule has 0 N–H and O–H groups in total. The molecule has 12 heavy (non-hydrogen) atoms. The minimum atomic E-state index is -0.219. The summed E-state index contributed by atoms with van der Waals surface area (Å²) in [6.07, 6.45) is 3.41. The van der Waals surface area contributed by atoms with Crippen LogP contribution in [0.4, 0.5) is 0 Å². The van der Waals surface area contributed by atoms with Gasteiger partial charge in [-0.25, -0.2) is 0 Å². The molecule has 1 aromatic heterocycles. The van der Waals surface area contributed by atoms with Gasteiger partial charge in [-0.3, -0.25) is 9.78 Å².